The first-order valence-electron chi connectivity index (χ1n) is 3.46. The van der Waals surface area contributed by atoms with Gasteiger partial charge in [-0.05, 0) is 14.1 Å². The predicted octanol–water partition coefficient (Wildman–Crippen LogP) is -0.681. The van der Waals surface area contributed by atoms with Gasteiger partial charge < -0.3 is 9.64 Å². The zero-order valence-corrected chi connectivity index (χ0v) is 7.60. The van der Waals surface area contributed by atoms with E-state index in [1.807, 2.05) is 19.0 Å². The van der Waals surface area contributed by atoms with Crippen LogP contribution < -0.4 is 0 Å². The third-order valence-corrected chi connectivity index (χ3v) is 2.87. The van der Waals surface area contributed by atoms with E-state index in [0.29, 0.717) is 6.54 Å². The van der Waals surface area contributed by atoms with Crippen LogP contribution in [0.2, 0.25) is 0 Å². The van der Waals surface area contributed by atoms with E-state index < -0.39 is 9.84 Å². The van der Waals surface area contributed by atoms with Crippen LogP contribution in [-0.2, 0) is 14.6 Å². The second kappa shape index (κ2) is 3.08. The zero-order valence-electron chi connectivity index (χ0n) is 6.78. The Kier molecular flexibility index (Phi) is 2.51. The summed E-state index contributed by atoms with van der Waals surface area (Å²) in [6.07, 6.45) is -0.130. The van der Waals surface area contributed by atoms with Gasteiger partial charge in [-0.25, -0.2) is 8.42 Å². The van der Waals surface area contributed by atoms with Crippen molar-refractivity contribution in [2.24, 2.45) is 0 Å². The Morgan fingerprint density at radius 1 is 1.55 bits per heavy atom. The number of hydrogen-bond donors (Lipinski definition) is 0. The number of hydrogen-bond acceptors (Lipinski definition) is 4. The first kappa shape index (κ1) is 8.96. The maximum atomic E-state index is 10.9. The van der Waals surface area contributed by atoms with Crippen molar-refractivity contribution < 1.29 is 13.2 Å². The van der Waals surface area contributed by atoms with E-state index in [9.17, 15) is 8.42 Å². The monoisotopic (exact) mass is 179 g/mol. The molecule has 0 N–H and O–H groups in total. The van der Waals surface area contributed by atoms with Gasteiger partial charge in [0.2, 0.25) is 0 Å². The molecule has 0 saturated carbocycles. The van der Waals surface area contributed by atoms with Gasteiger partial charge in [0.25, 0.3) is 0 Å². The molecule has 66 valence electrons. The third-order valence-electron chi connectivity index (χ3n) is 1.49. The van der Waals surface area contributed by atoms with Crippen LogP contribution in [-0.4, -0.2) is 51.8 Å². The van der Waals surface area contributed by atoms with Gasteiger partial charge >= 0.3 is 0 Å². The summed E-state index contributed by atoms with van der Waals surface area (Å²) in [6, 6.07) is 0. The number of nitrogens with zero attached hydrogens (tertiary/aromatic N) is 1. The molecule has 1 saturated heterocycles. The molecule has 1 heterocycles. The van der Waals surface area contributed by atoms with Gasteiger partial charge in [0, 0.05) is 6.54 Å². The molecule has 0 aromatic rings. The van der Waals surface area contributed by atoms with E-state index >= 15 is 0 Å². The Morgan fingerprint density at radius 3 is 2.55 bits per heavy atom. The van der Waals surface area contributed by atoms with Crippen LogP contribution in [0.4, 0.5) is 0 Å². The lowest BCUT2D eigenvalue weighted by atomic mass is 10.4. The van der Waals surface area contributed by atoms with E-state index in [0.717, 1.165) is 0 Å². The van der Waals surface area contributed by atoms with Crippen molar-refractivity contribution >= 4 is 9.84 Å². The minimum Gasteiger partial charge on any atom is -0.360 e. The highest BCUT2D eigenvalue weighted by Crippen LogP contribution is 2.10. The van der Waals surface area contributed by atoms with Crippen molar-refractivity contribution in [3.05, 3.63) is 0 Å². The van der Waals surface area contributed by atoms with E-state index in [1.165, 1.54) is 0 Å². The summed E-state index contributed by atoms with van der Waals surface area (Å²) in [5, 5.41) is 0. The van der Waals surface area contributed by atoms with Crippen LogP contribution in [0.15, 0.2) is 0 Å². The van der Waals surface area contributed by atoms with Gasteiger partial charge in [-0.1, -0.05) is 0 Å². The van der Waals surface area contributed by atoms with Crippen molar-refractivity contribution in [3.8, 4) is 0 Å². The summed E-state index contributed by atoms with van der Waals surface area (Å²) in [5.74, 6) is 0.0662. The molecule has 1 rings (SSSR count). The van der Waals surface area contributed by atoms with Gasteiger partial charge in [0.05, 0.1) is 11.9 Å². The van der Waals surface area contributed by atoms with Crippen LogP contribution >= 0.6 is 0 Å². The van der Waals surface area contributed by atoms with E-state index in [-0.39, 0.29) is 17.8 Å². The third kappa shape index (κ3) is 2.76. The number of sulfone groups is 1. The van der Waals surface area contributed by atoms with E-state index in [1.54, 1.807) is 0 Å². The summed E-state index contributed by atoms with van der Waals surface area (Å²) < 4.78 is 26.8. The molecule has 1 aliphatic heterocycles. The molecule has 1 fully saturated rings. The molecule has 1 unspecified atom stereocenters. The van der Waals surface area contributed by atoms with Crippen molar-refractivity contribution in [3.63, 3.8) is 0 Å². The van der Waals surface area contributed by atoms with Crippen molar-refractivity contribution in [1.29, 1.82) is 0 Å². The molecule has 4 nitrogen and oxygen atoms in total. The Morgan fingerprint density at radius 2 is 2.18 bits per heavy atom. The summed E-state index contributed by atoms with van der Waals surface area (Å²) in [7, 11) is 0.904. The van der Waals surface area contributed by atoms with Crippen molar-refractivity contribution in [1.82, 2.24) is 4.90 Å². The fraction of sp³-hybridized carbons (Fsp3) is 1.00. The topological polar surface area (TPSA) is 46.6 Å². The molecule has 0 radical (unpaired) electrons. The summed E-state index contributed by atoms with van der Waals surface area (Å²) in [6.45, 7) is 0.680. The Bertz CT molecular complexity index is 222. The molecular formula is C6H13NO3S. The maximum Gasteiger partial charge on any atom is 0.176 e. The molecule has 0 amide bonds. The van der Waals surface area contributed by atoms with E-state index in [4.69, 9.17) is 4.74 Å². The minimum absolute atomic E-state index is 0.106. The molecular weight excluding hydrogens is 166 g/mol. The first-order valence-corrected chi connectivity index (χ1v) is 5.28. The summed E-state index contributed by atoms with van der Waals surface area (Å²) in [4.78, 5) is 1.92. The molecule has 0 aliphatic carbocycles. The SMILES string of the molecule is CN(C)CC1CS(=O)(=O)CO1. The number of rotatable bonds is 2. The maximum absolute atomic E-state index is 10.9. The van der Waals surface area contributed by atoms with Crippen molar-refractivity contribution in [2.75, 3.05) is 32.3 Å². The van der Waals surface area contributed by atoms with Crippen LogP contribution in [0.5, 0.6) is 0 Å². The number of ether oxygens (including phenoxy) is 1. The van der Waals surface area contributed by atoms with Gasteiger partial charge in [0.15, 0.2) is 9.84 Å². The zero-order chi connectivity index (χ0) is 8.48. The van der Waals surface area contributed by atoms with Crippen molar-refractivity contribution in [2.45, 2.75) is 6.10 Å². The highest BCUT2D eigenvalue weighted by atomic mass is 32.2. The lowest BCUT2D eigenvalue weighted by Gasteiger charge is -2.13. The predicted molar refractivity (Wildman–Crippen MR) is 42.1 cm³/mol. The summed E-state index contributed by atoms with van der Waals surface area (Å²) >= 11 is 0. The van der Waals surface area contributed by atoms with E-state index in [2.05, 4.69) is 0 Å². The fourth-order valence-corrected chi connectivity index (χ4v) is 2.36. The van der Waals surface area contributed by atoms with Gasteiger partial charge in [-0.2, -0.15) is 0 Å². The molecule has 0 aromatic carbocycles. The Hall–Kier alpha value is -0.130. The number of likely N-dealkylation sites (N-methyl/N-ethyl adjacent to an activating group) is 1. The average Bonchev–Trinajstić information content (AvgIpc) is 2.08. The van der Waals surface area contributed by atoms with Crippen LogP contribution in [0.25, 0.3) is 0 Å². The normalized spacial score (nSPS) is 29.5. The van der Waals surface area contributed by atoms with Gasteiger partial charge in [0.1, 0.15) is 5.94 Å². The lowest BCUT2D eigenvalue weighted by molar-refractivity contribution is 0.0983. The highest BCUT2D eigenvalue weighted by Gasteiger charge is 2.28. The molecule has 11 heavy (non-hydrogen) atoms. The minimum atomic E-state index is -2.89. The molecule has 1 atom stereocenters. The van der Waals surface area contributed by atoms with Crippen LogP contribution in [0.1, 0.15) is 0 Å². The molecule has 5 heteroatoms. The molecule has 0 aromatic heterocycles. The molecule has 0 spiro atoms. The molecule has 0 bridgehead atoms. The second-order valence-electron chi connectivity index (χ2n) is 3.08. The summed E-state index contributed by atoms with van der Waals surface area (Å²) in [5.41, 5.74) is 0. The van der Waals surface area contributed by atoms with Crippen LogP contribution in [0, 0.1) is 0 Å². The van der Waals surface area contributed by atoms with Crippen LogP contribution in [0.3, 0.4) is 0 Å². The van der Waals surface area contributed by atoms with Gasteiger partial charge in [-0.15, -0.1) is 0 Å². The first-order chi connectivity index (χ1) is 4.99. The Labute approximate surface area is 67.1 Å². The quantitative estimate of drug-likeness (QED) is 0.563. The second-order valence-corrected chi connectivity index (χ2v) is 5.14. The highest BCUT2D eigenvalue weighted by molar-refractivity contribution is 7.91. The fourth-order valence-electron chi connectivity index (χ4n) is 1.09. The smallest absolute Gasteiger partial charge is 0.176 e. The molecule has 1 aliphatic rings. The average molecular weight is 179 g/mol. The Balaban J connectivity index is 2.43. The largest absolute Gasteiger partial charge is 0.360 e. The van der Waals surface area contributed by atoms with Gasteiger partial charge in [-0.3, -0.25) is 0 Å². The standard InChI is InChI=1S/C6H13NO3S/c1-7(2)3-6-4-11(8,9)5-10-6/h6H,3-5H2,1-2H3. The lowest BCUT2D eigenvalue weighted by Crippen LogP contribution is -2.27.